The summed E-state index contributed by atoms with van der Waals surface area (Å²) in [4.78, 5) is 22.9. The summed E-state index contributed by atoms with van der Waals surface area (Å²) in [5.41, 5.74) is 0.817. The van der Waals surface area contributed by atoms with Crippen LogP contribution >= 0.6 is 0 Å². The molecular formula is C14H16N2O3. The Bertz CT molecular complexity index is 479. The standard InChI is InChI=1S/C14H16N2O3/c1-10(7-8-15)13(14(18)19)16-12(17)9-11-5-3-2-4-6-11/h2-6,10,13H,7,9H2,1H3,(H,16,17)(H,18,19)/t10-,13+/m0/s1. The van der Waals surface area contributed by atoms with Gasteiger partial charge in [0.05, 0.1) is 12.5 Å². The van der Waals surface area contributed by atoms with Crippen LogP contribution in [0, 0.1) is 17.2 Å². The second-order valence-corrected chi connectivity index (χ2v) is 4.39. The largest absolute Gasteiger partial charge is 0.480 e. The lowest BCUT2D eigenvalue weighted by atomic mass is 9.98. The van der Waals surface area contributed by atoms with Crippen molar-refractivity contribution in [2.24, 2.45) is 5.92 Å². The Labute approximate surface area is 111 Å². The van der Waals surface area contributed by atoms with Gasteiger partial charge in [0.15, 0.2) is 0 Å². The summed E-state index contributed by atoms with van der Waals surface area (Å²) >= 11 is 0. The van der Waals surface area contributed by atoms with Crippen molar-refractivity contribution in [3.05, 3.63) is 35.9 Å². The molecule has 0 aliphatic rings. The molecule has 0 saturated heterocycles. The first kappa shape index (κ1) is 14.7. The second-order valence-electron chi connectivity index (χ2n) is 4.39. The van der Waals surface area contributed by atoms with Crippen molar-refractivity contribution in [3.63, 3.8) is 0 Å². The van der Waals surface area contributed by atoms with Crippen LogP contribution in [0.25, 0.3) is 0 Å². The average Bonchev–Trinajstić information content (AvgIpc) is 2.37. The van der Waals surface area contributed by atoms with Crippen LogP contribution in [0.4, 0.5) is 0 Å². The van der Waals surface area contributed by atoms with Crippen molar-refractivity contribution in [1.29, 1.82) is 5.26 Å². The lowest BCUT2D eigenvalue weighted by Crippen LogP contribution is -2.45. The van der Waals surface area contributed by atoms with Gasteiger partial charge in [0.2, 0.25) is 5.91 Å². The minimum Gasteiger partial charge on any atom is -0.480 e. The molecule has 1 aromatic carbocycles. The highest BCUT2D eigenvalue weighted by Crippen LogP contribution is 2.08. The fraction of sp³-hybridized carbons (Fsp3) is 0.357. The molecular weight excluding hydrogens is 244 g/mol. The highest BCUT2D eigenvalue weighted by molar-refractivity contribution is 5.85. The summed E-state index contributed by atoms with van der Waals surface area (Å²) < 4.78 is 0. The number of benzene rings is 1. The van der Waals surface area contributed by atoms with Gasteiger partial charge in [-0.1, -0.05) is 37.3 Å². The van der Waals surface area contributed by atoms with Crippen LogP contribution in [0.3, 0.4) is 0 Å². The monoisotopic (exact) mass is 260 g/mol. The molecule has 0 unspecified atom stereocenters. The SMILES string of the molecule is C[C@@H](CC#N)[C@@H](NC(=O)Cc1ccccc1)C(=O)O. The van der Waals surface area contributed by atoms with E-state index in [4.69, 9.17) is 10.4 Å². The van der Waals surface area contributed by atoms with Gasteiger partial charge in [0.25, 0.3) is 0 Å². The van der Waals surface area contributed by atoms with E-state index in [1.54, 1.807) is 19.1 Å². The zero-order valence-electron chi connectivity index (χ0n) is 10.7. The maximum Gasteiger partial charge on any atom is 0.326 e. The van der Waals surface area contributed by atoms with Gasteiger partial charge < -0.3 is 10.4 Å². The molecule has 0 bridgehead atoms. The highest BCUT2D eigenvalue weighted by Gasteiger charge is 2.26. The minimum atomic E-state index is -1.12. The molecule has 0 heterocycles. The third-order valence-electron chi connectivity index (χ3n) is 2.77. The lowest BCUT2D eigenvalue weighted by molar-refractivity contribution is -0.143. The van der Waals surface area contributed by atoms with E-state index in [-0.39, 0.29) is 18.7 Å². The number of amides is 1. The van der Waals surface area contributed by atoms with Crippen molar-refractivity contribution in [2.75, 3.05) is 0 Å². The van der Waals surface area contributed by atoms with Gasteiger partial charge in [-0.15, -0.1) is 0 Å². The summed E-state index contributed by atoms with van der Waals surface area (Å²) in [6.07, 6.45) is 0.215. The third kappa shape index (κ3) is 4.80. The molecule has 1 aromatic rings. The molecule has 0 aromatic heterocycles. The number of carboxylic acid groups (broad SMARTS) is 1. The molecule has 1 amide bonds. The molecule has 0 aliphatic carbocycles. The molecule has 100 valence electrons. The van der Waals surface area contributed by atoms with E-state index >= 15 is 0 Å². The lowest BCUT2D eigenvalue weighted by Gasteiger charge is -2.19. The molecule has 2 N–H and O–H groups in total. The number of hydrogen-bond acceptors (Lipinski definition) is 3. The molecule has 19 heavy (non-hydrogen) atoms. The van der Waals surface area contributed by atoms with Crippen LogP contribution in [-0.4, -0.2) is 23.0 Å². The molecule has 5 nitrogen and oxygen atoms in total. The molecule has 1 rings (SSSR count). The molecule has 0 aliphatic heterocycles. The van der Waals surface area contributed by atoms with Crippen LogP contribution < -0.4 is 5.32 Å². The van der Waals surface area contributed by atoms with Crippen molar-refractivity contribution < 1.29 is 14.7 Å². The first-order valence-corrected chi connectivity index (χ1v) is 5.97. The van der Waals surface area contributed by atoms with Gasteiger partial charge >= 0.3 is 5.97 Å². The van der Waals surface area contributed by atoms with E-state index in [0.717, 1.165) is 5.56 Å². The predicted octanol–water partition coefficient (Wildman–Crippen LogP) is 1.35. The number of nitriles is 1. The Hall–Kier alpha value is -2.35. The Morgan fingerprint density at radius 2 is 2.00 bits per heavy atom. The van der Waals surface area contributed by atoms with Gasteiger partial charge in [0.1, 0.15) is 6.04 Å². The van der Waals surface area contributed by atoms with E-state index in [1.165, 1.54) is 0 Å². The topological polar surface area (TPSA) is 90.2 Å². The summed E-state index contributed by atoms with van der Waals surface area (Å²) in [7, 11) is 0. The second kappa shape index (κ2) is 7.17. The fourth-order valence-electron chi connectivity index (χ4n) is 1.71. The minimum absolute atomic E-state index is 0.0859. The first-order chi connectivity index (χ1) is 9.04. The molecule has 0 saturated carbocycles. The normalized spacial score (nSPS) is 13.1. The number of nitrogens with one attached hydrogen (secondary N) is 1. The zero-order chi connectivity index (χ0) is 14.3. The maximum absolute atomic E-state index is 11.8. The van der Waals surface area contributed by atoms with Gasteiger partial charge in [-0.25, -0.2) is 4.79 Å². The number of carbonyl (C=O) groups excluding carboxylic acids is 1. The number of hydrogen-bond donors (Lipinski definition) is 2. The van der Waals surface area contributed by atoms with Crippen LogP contribution in [0.15, 0.2) is 30.3 Å². The van der Waals surface area contributed by atoms with Crippen LogP contribution in [0.5, 0.6) is 0 Å². The maximum atomic E-state index is 11.8. The predicted molar refractivity (Wildman–Crippen MR) is 69.1 cm³/mol. The van der Waals surface area contributed by atoms with E-state index < -0.39 is 17.9 Å². The van der Waals surface area contributed by atoms with E-state index in [2.05, 4.69) is 5.32 Å². The molecule has 2 atom stereocenters. The summed E-state index contributed by atoms with van der Waals surface area (Å²) in [6, 6.07) is 9.95. The van der Waals surface area contributed by atoms with Crippen molar-refractivity contribution in [3.8, 4) is 6.07 Å². The quantitative estimate of drug-likeness (QED) is 0.807. The number of carboxylic acids is 1. The Morgan fingerprint density at radius 3 is 2.53 bits per heavy atom. The number of carbonyl (C=O) groups is 2. The van der Waals surface area contributed by atoms with Crippen LogP contribution in [0.2, 0.25) is 0 Å². The number of aliphatic carboxylic acids is 1. The van der Waals surface area contributed by atoms with Crippen LogP contribution in [0.1, 0.15) is 18.9 Å². The van der Waals surface area contributed by atoms with Crippen molar-refractivity contribution in [1.82, 2.24) is 5.32 Å². The highest BCUT2D eigenvalue weighted by atomic mass is 16.4. The molecule has 0 fully saturated rings. The summed E-state index contributed by atoms with van der Waals surface area (Å²) in [6.45, 7) is 1.63. The van der Waals surface area contributed by atoms with Crippen molar-refractivity contribution >= 4 is 11.9 Å². The van der Waals surface area contributed by atoms with Gasteiger partial charge in [-0.2, -0.15) is 5.26 Å². The molecule has 0 radical (unpaired) electrons. The number of nitrogens with zero attached hydrogens (tertiary/aromatic N) is 1. The fourth-order valence-corrected chi connectivity index (χ4v) is 1.71. The zero-order valence-corrected chi connectivity index (χ0v) is 10.7. The van der Waals surface area contributed by atoms with Gasteiger partial charge in [-0.05, 0) is 5.56 Å². The van der Waals surface area contributed by atoms with E-state index in [1.807, 2.05) is 24.3 Å². The summed E-state index contributed by atoms with van der Waals surface area (Å²) in [5.74, 6) is -1.91. The van der Waals surface area contributed by atoms with E-state index in [0.29, 0.717) is 0 Å². The van der Waals surface area contributed by atoms with Gasteiger partial charge in [0, 0.05) is 12.3 Å². The smallest absolute Gasteiger partial charge is 0.326 e. The molecule has 0 spiro atoms. The Balaban J connectivity index is 2.62. The van der Waals surface area contributed by atoms with Gasteiger partial charge in [-0.3, -0.25) is 4.79 Å². The number of rotatable bonds is 6. The third-order valence-corrected chi connectivity index (χ3v) is 2.77. The molecule has 5 heteroatoms. The Morgan fingerprint density at radius 1 is 1.37 bits per heavy atom. The first-order valence-electron chi connectivity index (χ1n) is 5.97. The van der Waals surface area contributed by atoms with E-state index in [9.17, 15) is 9.59 Å². The summed E-state index contributed by atoms with van der Waals surface area (Å²) in [5, 5.41) is 20.1. The van der Waals surface area contributed by atoms with Crippen LogP contribution in [-0.2, 0) is 16.0 Å². The Kier molecular flexibility index (Phi) is 5.55. The van der Waals surface area contributed by atoms with Crippen molar-refractivity contribution in [2.45, 2.75) is 25.8 Å². The average molecular weight is 260 g/mol.